The number of hydrogen-bond donors (Lipinski definition) is 1. The number of carbonyl (C=O) groups is 1. The number of rotatable bonds is 6. The van der Waals surface area contributed by atoms with E-state index in [1.54, 1.807) is 12.1 Å². The topological polar surface area (TPSA) is 55.8 Å². The Balaban J connectivity index is 1.36. The standard InChI is InChI=1S/C27H31F3O4/c1-33-20-10-13-24(23(28)14-20)34-27(32)19-8-6-18(7-9-19)22-12-11-21(25(29)26(22)30)17-4-2-16(15-31)3-5-17/h10-14,16-19,31H,2-9,15H2,1H3. The lowest BCUT2D eigenvalue weighted by Crippen LogP contribution is -2.26. The van der Waals surface area contributed by atoms with Crippen molar-refractivity contribution in [2.75, 3.05) is 13.7 Å². The van der Waals surface area contributed by atoms with Crippen LogP contribution in [0.1, 0.15) is 74.3 Å². The highest BCUT2D eigenvalue weighted by molar-refractivity contribution is 5.75. The van der Waals surface area contributed by atoms with Crippen LogP contribution in [-0.4, -0.2) is 24.8 Å². The van der Waals surface area contributed by atoms with Gasteiger partial charge in [0.25, 0.3) is 0 Å². The summed E-state index contributed by atoms with van der Waals surface area (Å²) in [4.78, 5) is 12.5. The van der Waals surface area contributed by atoms with E-state index in [1.165, 1.54) is 19.2 Å². The van der Waals surface area contributed by atoms with Crippen LogP contribution < -0.4 is 9.47 Å². The summed E-state index contributed by atoms with van der Waals surface area (Å²) in [5.41, 5.74) is 0.787. The predicted molar refractivity (Wildman–Crippen MR) is 121 cm³/mol. The summed E-state index contributed by atoms with van der Waals surface area (Å²) in [6, 6.07) is 7.43. The highest BCUT2D eigenvalue weighted by Crippen LogP contribution is 2.41. The normalized spacial score (nSPS) is 25.1. The summed E-state index contributed by atoms with van der Waals surface area (Å²) >= 11 is 0. The Kier molecular flexibility index (Phi) is 7.81. The summed E-state index contributed by atoms with van der Waals surface area (Å²) in [7, 11) is 1.42. The van der Waals surface area contributed by atoms with Gasteiger partial charge in [0.2, 0.25) is 0 Å². The second-order valence-electron chi connectivity index (χ2n) is 9.54. The van der Waals surface area contributed by atoms with Crippen LogP contribution >= 0.6 is 0 Å². The van der Waals surface area contributed by atoms with Gasteiger partial charge < -0.3 is 14.6 Å². The Bertz CT molecular complexity index is 1010. The van der Waals surface area contributed by atoms with Crippen LogP contribution in [0.4, 0.5) is 13.2 Å². The third-order valence-electron chi connectivity index (χ3n) is 7.54. The second kappa shape index (κ2) is 10.8. The van der Waals surface area contributed by atoms with Crippen LogP contribution in [0.5, 0.6) is 11.5 Å². The zero-order valence-corrected chi connectivity index (χ0v) is 19.4. The SMILES string of the molecule is COc1ccc(OC(=O)C2CCC(c3ccc(C4CCC(CO)CC4)c(F)c3F)CC2)c(F)c1. The Hall–Kier alpha value is -2.54. The Labute approximate surface area is 198 Å². The molecule has 0 amide bonds. The molecule has 0 aliphatic heterocycles. The van der Waals surface area contributed by atoms with Gasteiger partial charge in [-0.3, -0.25) is 4.79 Å². The fourth-order valence-electron chi connectivity index (χ4n) is 5.39. The van der Waals surface area contributed by atoms with Crippen LogP contribution in [0.25, 0.3) is 0 Å². The Morgan fingerprint density at radius 1 is 0.882 bits per heavy atom. The van der Waals surface area contributed by atoms with Crippen LogP contribution in [0, 0.1) is 29.3 Å². The molecule has 2 fully saturated rings. The zero-order valence-electron chi connectivity index (χ0n) is 19.4. The minimum Gasteiger partial charge on any atom is -0.497 e. The summed E-state index contributed by atoms with van der Waals surface area (Å²) in [5.74, 6) is -2.90. The van der Waals surface area contributed by atoms with Crippen molar-refractivity contribution in [2.24, 2.45) is 11.8 Å². The van der Waals surface area contributed by atoms with Crippen molar-refractivity contribution in [1.29, 1.82) is 0 Å². The fourth-order valence-corrected chi connectivity index (χ4v) is 5.39. The first-order valence-electron chi connectivity index (χ1n) is 12.0. The summed E-state index contributed by atoms with van der Waals surface area (Å²) in [6.45, 7) is 0.147. The molecule has 4 nitrogen and oxygen atoms in total. The molecule has 2 aliphatic rings. The van der Waals surface area contributed by atoms with Crippen molar-refractivity contribution in [3.63, 3.8) is 0 Å². The van der Waals surface area contributed by atoms with Gasteiger partial charge in [-0.25, -0.2) is 13.2 Å². The number of hydrogen-bond acceptors (Lipinski definition) is 4. The molecule has 34 heavy (non-hydrogen) atoms. The van der Waals surface area contributed by atoms with Crippen molar-refractivity contribution in [3.8, 4) is 11.5 Å². The third kappa shape index (κ3) is 5.24. The van der Waals surface area contributed by atoms with Gasteiger partial charge in [-0.1, -0.05) is 12.1 Å². The third-order valence-corrected chi connectivity index (χ3v) is 7.54. The molecule has 2 aromatic carbocycles. The largest absolute Gasteiger partial charge is 0.497 e. The van der Waals surface area contributed by atoms with Gasteiger partial charge in [0, 0.05) is 12.7 Å². The molecular weight excluding hydrogens is 445 g/mol. The number of halogens is 3. The lowest BCUT2D eigenvalue weighted by Gasteiger charge is -2.30. The lowest BCUT2D eigenvalue weighted by atomic mass is 9.76. The maximum absolute atomic E-state index is 15.0. The lowest BCUT2D eigenvalue weighted by molar-refractivity contribution is -0.140. The molecule has 2 aliphatic carbocycles. The van der Waals surface area contributed by atoms with E-state index in [1.807, 2.05) is 0 Å². The molecule has 2 aromatic rings. The van der Waals surface area contributed by atoms with Crippen molar-refractivity contribution in [3.05, 3.63) is 58.9 Å². The molecule has 7 heteroatoms. The Morgan fingerprint density at radius 2 is 1.44 bits per heavy atom. The quantitative estimate of drug-likeness (QED) is 0.395. The van der Waals surface area contributed by atoms with Crippen LogP contribution in [-0.2, 0) is 4.79 Å². The van der Waals surface area contributed by atoms with E-state index in [2.05, 4.69) is 0 Å². The molecule has 4 rings (SSSR count). The van der Waals surface area contributed by atoms with E-state index in [-0.39, 0.29) is 30.1 Å². The first kappa shape index (κ1) is 24.6. The molecule has 1 N–H and O–H groups in total. The molecule has 0 atom stereocenters. The highest BCUT2D eigenvalue weighted by atomic mass is 19.2. The van der Waals surface area contributed by atoms with Gasteiger partial charge in [-0.05, 0) is 92.4 Å². The molecule has 0 spiro atoms. The van der Waals surface area contributed by atoms with Gasteiger partial charge in [-0.15, -0.1) is 0 Å². The molecular formula is C27H31F3O4. The molecule has 0 saturated heterocycles. The monoisotopic (exact) mass is 476 g/mol. The number of ether oxygens (including phenoxy) is 2. The van der Waals surface area contributed by atoms with E-state index < -0.39 is 29.3 Å². The first-order valence-corrected chi connectivity index (χ1v) is 12.0. The van der Waals surface area contributed by atoms with E-state index in [9.17, 15) is 18.7 Å². The first-order chi connectivity index (χ1) is 16.4. The second-order valence-corrected chi connectivity index (χ2v) is 9.54. The van der Waals surface area contributed by atoms with E-state index in [0.717, 1.165) is 31.7 Å². The number of carbonyl (C=O) groups excluding carboxylic acids is 1. The van der Waals surface area contributed by atoms with Crippen molar-refractivity contribution in [1.82, 2.24) is 0 Å². The van der Waals surface area contributed by atoms with Crippen LogP contribution in [0.15, 0.2) is 30.3 Å². The molecule has 0 radical (unpaired) electrons. The molecule has 0 aromatic heterocycles. The minimum absolute atomic E-state index is 0.0183. The predicted octanol–water partition coefficient (Wildman–Crippen LogP) is 6.26. The maximum Gasteiger partial charge on any atom is 0.314 e. The van der Waals surface area contributed by atoms with E-state index in [4.69, 9.17) is 9.47 Å². The summed E-state index contributed by atoms with van der Waals surface area (Å²) in [5, 5.41) is 9.30. The Morgan fingerprint density at radius 3 is 1.94 bits per heavy atom. The van der Waals surface area contributed by atoms with Crippen molar-refractivity contribution < 1.29 is 32.5 Å². The average molecular weight is 477 g/mol. The van der Waals surface area contributed by atoms with Gasteiger partial charge in [0.1, 0.15) is 5.75 Å². The maximum atomic E-state index is 15.0. The van der Waals surface area contributed by atoms with E-state index >= 15 is 4.39 Å². The average Bonchev–Trinajstić information content (AvgIpc) is 2.87. The van der Waals surface area contributed by atoms with Crippen LogP contribution in [0.2, 0.25) is 0 Å². The van der Waals surface area contributed by atoms with E-state index in [0.29, 0.717) is 42.6 Å². The zero-order chi connectivity index (χ0) is 24.2. The van der Waals surface area contributed by atoms with Crippen LogP contribution in [0.3, 0.4) is 0 Å². The molecule has 0 heterocycles. The molecule has 2 saturated carbocycles. The van der Waals surface area contributed by atoms with Gasteiger partial charge in [0.05, 0.1) is 13.0 Å². The molecule has 0 unspecified atom stereocenters. The summed E-state index contributed by atoms with van der Waals surface area (Å²) in [6.07, 6.45) is 5.15. The number of esters is 1. The fraction of sp³-hybridized carbons (Fsp3) is 0.519. The highest BCUT2D eigenvalue weighted by Gasteiger charge is 2.32. The number of methoxy groups -OCH3 is 1. The number of aliphatic hydroxyl groups is 1. The number of benzene rings is 2. The van der Waals surface area contributed by atoms with Crippen molar-refractivity contribution in [2.45, 2.75) is 63.2 Å². The summed E-state index contributed by atoms with van der Waals surface area (Å²) < 4.78 is 54.3. The van der Waals surface area contributed by atoms with Gasteiger partial charge >= 0.3 is 5.97 Å². The van der Waals surface area contributed by atoms with Gasteiger partial charge in [0.15, 0.2) is 23.2 Å². The van der Waals surface area contributed by atoms with Gasteiger partial charge in [-0.2, -0.15) is 0 Å². The molecule has 0 bridgehead atoms. The number of aliphatic hydroxyl groups excluding tert-OH is 1. The minimum atomic E-state index is -0.784. The smallest absolute Gasteiger partial charge is 0.314 e. The molecule has 184 valence electrons. The van der Waals surface area contributed by atoms with Crippen molar-refractivity contribution >= 4 is 5.97 Å².